The van der Waals surface area contributed by atoms with Crippen LogP contribution in [0.1, 0.15) is 70.1 Å². The molecule has 0 radical (unpaired) electrons. The number of halogens is 1. The van der Waals surface area contributed by atoms with Crippen LogP contribution < -0.4 is 5.32 Å². The van der Waals surface area contributed by atoms with Gasteiger partial charge in [0.15, 0.2) is 0 Å². The van der Waals surface area contributed by atoms with E-state index in [9.17, 15) is 4.39 Å². The lowest BCUT2D eigenvalue weighted by Crippen LogP contribution is -2.34. The largest absolute Gasteiger partial charge is 0.367 e. The van der Waals surface area contributed by atoms with Gasteiger partial charge in [-0.1, -0.05) is 51.0 Å². The molecule has 0 amide bonds. The second-order valence-electron chi connectivity index (χ2n) is 6.65. The molecule has 0 spiro atoms. The minimum absolute atomic E-state index is 0.321. The highest BCUT2D eigenvalue weighted by Crippen LogP contribution is 2.29. The number of unbranched alkanes of at least 4 members (excludes halogenated alkanes) is 2. The molecule has 0 bridgehead atoms. The summed E-state index contributed by atoms with van der Waals surface area (Å²) < 4.78 is 14.4. The third kappa shape index (κ3) is 5.81. The summed E-state index contributed by atoms with van der Waals surface area (Å²) in [5.74, 6) is 0.771. The van der Waals surface area contributed by atoms with E-state index in [0.717, 1.165) is 23.4 Å². The van der Waals surface area contributed by atoms with Crippen LogP contribution in [-0.2, 0) is 5.67 Å². The van der Waals surface area contributed by atoms with Crippen LogP contribution in [0.5, 0.6) is 0 Å². The molecular formula is C20H31FN2. The molecule has 0 fully saturated rings. The Morgan fingerprint density at radius 3 is 2.65 bits per heavy atom. The van der Waals surface area contributed by atoms with E-state index in [2.05, 4.69) is 30.7 Å². The topological polar surface area (TPSA) is 24.4 Å². The van der Waals surface area contributed by atoms with E-state index in [1.807, 2.05) is 25.1 Å². The van der Waals surface area contributed by atoms with Crippen molar-refractivity contribution < 1.29 is 4.39 Å². The zero-order valence-electron chi connectivity index (χ0n) is 15.2. The standard InChI is InChI=1S/C20H31FN2/c1-7-9-10-12-15(3)23-19(22-8-2)17-13-11-14-18(16(17)4)20(5,6)21/h8,11,13-15H,2,7,9-10,12H2,1,3-6H3,(H,22,23)/t15-/m0/s1. The van der Waals surface area contributed by atoms with Crippen molar-refractivity contribution in [3.8, 4) is 0 Å². The molecule has 0 saturated carbocycles. The third-order valence-corrected chi connectivity index (χ3v) is 4.07. The quantitative estimate of drug-likeness (QED) is 0.374. The van der Waals surface area contributed by atoms with E-state index in [1.54, 1.807) is 13.8 Å². The summed E-state index contributed by atoms with van der Waals surface area (Å²) in [6.45, 7) is 13.2. The molecule has 0 aliphatic heterocycles. The van der Waals surface area contributed by atoms with Gasteiger partial charge in [0.05, 0.1) is 0 Å². The Kier molecular flexibility index (Phi) is 7.47. The first-order valence-corrected chi connectivity index (χ1v) is 8.55. The van der Waals surface area contributed by atoms with Crippen LogP contribution in [0.25, 0.3) is 0 Å². The Labute approximate surface area is 140 Å². The van der Waals surface area contributed by atoms with Gasteiger partial charge in [0, 0.05) is 17.8 Å². The molecule has 2 nitrogen and oxygen atoms in total. The summed E-state index contributed by atoms with van der Waals surface area (Å²) in [5.41, 5.74) is 1.20. The first-order valence-electron chi connectivity index (χ1n) is 8.55. The Bertz CT molecular complexity index is 541. The van der Waals surface area contributed by atoms with E-state index >= 15 is 0 Å². The van der Waals surface area contributed by atoms with Gasteiger partial charge in [-0.15, -0.1) is 0 Å². The number of rotatable bonds is 8. The van der Waals surface area contributed by atoms with Crippen molar-refractivity contribution in [3.05, 3.63) is 47.7 Å². The highest BCUT2D eigenvalue weighted by molar-refractivity contribution is 6.00. The summed E-state index contributed by atoms with van der Waals surface area (Å²) in [6, 6.07) is 6.04. The lowest BCUT2D eigenvalue weighted by molar-refractivity contribution is 0.220. The Hall–Kier alpha value is -1.64. The van der Waals surface area contributed by atoms with Crippen molar-refractivity contribution in [2.75, 3.05) is 0 Å². The van der Waals surface area contributed by atoms with Gasteiger partial charge in [-0.25, -0.2) is 9.38 Å². The zero-order valence-corrected chi connectivity index (χ0v) is 15.2. The maximum Gasteiger partial charge on any atom is 0.133 e. The van der Waals surface area contributed by atoms with Crippen molar-refractivity contribution >= 4 is 5.84 Å². The molecule has 3 heteroatoms. The van der Waals surface area contributed by atoms with Crippen molar-refractivity contribution in [2.24, 2.45) is 4.99 Å². The smallest absolute Gasteiger partial charge is 0.133 e. The summed E-state index contributed by atoms with van der Waals surface area (Å²) in [5, 5.41) is 3.47. The van der Waals surface area contributed by atoms with E-state index < -0.39 is 5.67 Å². The van der Waals surface area contributed by atoms with Crippen LogP contribution in [0.3, 0.4) is 0 Å². The van der Waals surface area contributed by atoms with E-state index in [4.69, 9.17) is 0 Å². The molecule has 0 unspecified atom stereocenters. The van der Waals surface area contributed by atoms with Gasteiger partial charge >= 0.3 is 0 Å². The second kappa shape index (κ2) is 8.85. The lowest BCUT2D eigenvalue weighted by atomic mass is 9.91. The highest BCUT2D eigenvalue weighted by atomic mass is 19.1. The van der Waals surface area contributed by atoms with Crippen LogP contribution in [0.15, 0.2) is 36.0 Å². The van der Waals surface area contributed by atoms with Crippen molar-refractivity contribution in [1.82, 2.24) is 5.32 Å². The van der Waals surface area contributed by atoms with Crippen LogP contribution in [-0.4, -0.2) is 11.9 Å². The molecule has 1 N–H and O–H groups in total. The average Bonchev–Trinajstić information content (AvgIpc) is 2.46. The van der Waals surface area contributed by atoms with Gasteiger partial charge in [0.2, 0.25) is 0 Å². The van der Waals surface area contributed by atoms with E-state index in [1.165, 1.54) is 25.5 Å². The van der Waals surface area contributed by atoms with E-state index in [0.29, 0.717) is 11.6 Å². The molecule has 1 atom stereocenters. The molecule has 1 rings (SSSR count). The third-order valence-electron chi connectivity index (χ3n) is 4.07. The molecule has 128 valence electrons. The molecule has 0 aromatic heterocycles. The number of benzene rings is 1. The second-order valence-corrected chi connectivity index (χ2v) is 6.65. The number of hydrogen-bond acceptors (Lipinski definition) is 1. The molecular weight excluding hydrogens is 287 g/mol. The summed E-state index contributed by atoms with van der Waals surface area (Å²) in [4.78, 5) is 4.39. The maximum atomic E-state index is 14.4. The van der Waals surface area contributed by atoms with Gasteiger partial charge < -0.3 is 5.32 Å². The van der Waals surface area contributed by atoms with Gasteiger partial charge in [-0.3, -0.25) is 0 Å². The number of amidine groups is 1. The summed E-state index contributed by atoms with van der Waals surface area (Å²) in [6.07, 6.45) is 6.28. The predicted octanol–water partition coefficient (Wildman–Crippen LogP) is 5.65. The van der Waals surface area contributed by atoms with Crippen molar-refractivity contribution in [2.45, 2.75) is 72.0 Å². The normalized spacial score (nSPS) is 13.7. The number of aliphatic imine (C=N–C) groups is 1. The van der Waals surface area contributed by atoms with Crippen LogP contribution in [0.2, 0.25) is 0 Å². The maximum absolute atomic E-state index is 14.4. The highest BCUT2D eigenvalue weighted by Gasteiger charge is 2.23. The van der Waals surface area contributed by atoms with Gasteiger partial charge in [0.1, 0.15) is 11.5 Å². The molecule has 0 saturated heterocycles. The summed E-state index contributed by atoms with van der Waals surface area (Å²) >= 11 is 0. The van der Waals surface area contributed by atoms with Gasteiger partial charge in [-0.2, -0.15) is 0 Å². The van der Waals surface area contributed by atoms with Crippen LogP contribution >= 0.6 is 0 Å². The monoisotopic (exact) mass is 318 g/mol. The fourth-order valence-electron chi connectivity index (χ4n) is 2.82. The van der Waals surface area contributed by atoms with E-state index in [-0.39, 0.29) is 0 Å². The Morgan fingerprint density at radius 1 is 1.39 bits per heavy atom. The Morgan fingerprint density at radius 2 is 2.09 bits per heavy atom. The first kappa shape index (κ1) is 19.4. The van der Waals surface area contributed by atoms with Crippen LogP contribution in [0, 0.1) is 6.92 Å². The van der Waals surface area contributed by atoms with Crippen molar-refractivity contribution in [3.63, 3.8) is 0 Å². The zero-order chi connectivity index (χ0) is 17.5. The Balaban J connectivity index is 3.03. The lowest BCUT2D eigenvalue weighted by Gasteiger charge is -2.22. The molecule has 1 aromatic rings. The molecule has 23 heavy (non-hydrogen) atoms. The minimum atomic E-state index is -1.37. The molecule has 1 aromatic carbocycles. The SMILES string of the molecule is C=C/N=C(/N[C@@H](C)CCCCC)c1cccc(C(C)(C)F)c1C. The number of hydrogen-bond donors (Lipinski definition) is 1. The first-order chi connectivity index (χ1) is 10.8. The van der Waals surface area contributed by atoms with Crippen molar-refractivity contribution in [1.29, 1.82) is 0 Å². The number of nitrogens with zero attached hydrogens (tertiary/aromatic N) is 1. The number of nitrogens with one attached hydrogen (secondary N) is 1. The summed E-state index contributed by atoms with van der Waals surface area (Å²) in [7, 11) is 0. The fourth-order valence-corrected chi connectivity index (χ4v) is 2.82. The van der Waals surface area contributed by atoms with Crippen LogP contribution in [0.4, 0.5) is 4.39 Å². The minimum Gasteiger partial charge on any atom is -0.367 e. The molecule has 0 aliphatic rings. The predicted molar refractivity (Wildman–Crippen MR) is 98.8 cm³/mol. The number of alkyl halides is 1. The average molecular weight is 318 g/mol. The molecule has 0 aliphatic carbocycles. The van der Waals surface area contributed by atoms with Gasteiger partial charge in [0.25, 0.3) is 0 Å². The molecule has 0 heterocycles. The van der Waals surface area contributed by atoms with Gasteiger partial charge in [-0.05, 0) is 45.2 Å². The fraction of sp³-hybridized carbons (Fsp3) is 0.550.